The highest BCUT2D eigenvalue weighted by atomic mass is 15.0. The minimum atomic E-state index is 0.425. The lowest BCUT2D eigenvalue weighted by atomic mass is 10.0. The van der Waals surface area contributed by atoms with Crippen LogP contribution >= 0.6 is 0 Å². The first-order valence-corrected chi connectivity index (χ1v) is 7.48. The van der Waals surface area contributed by atoms with Crippen molar-refractivity contribution in [1.29, 1.82) is 5.26 Å². The third-order valence-electron chi connectivity index (χ3n) is 4.01. The second-order valence-corrected chi connectivity index (χ2v) is 5.82. The van der Waals surface area contributed by atoms with Crippen LogP contribution in [0.25, 0.3) is 0 Å². The highest BCUT2D eigenvalue weighted by Gasteiger charge is 2.17. The van der Waals surface area contributed by atoms with Gasteiger partial charge < -0.3 is 5.32 Å². The summed E-state index contributed by atoms with van der Waals surface area (Å²) >= 11 is 0. The predicted molar refractivity (Wildman–Crippen MR) is 84.8 cm³/mol. The number of nitrogens with zero attached hydrogens (tertiary/aromatic N) is 2. The van der Waals surface area contributed by atoms with Crippen LogP contribution in [0.5, 0.6) is 0 Å². The second kappa shape index (κ2) is 5.57. The number of hydrogen-bond donors (Lipinski definition) is 1. The monoisotopic (exact) mass is 277 g/mol. The van der Waals surface area contributed by atoms with E-state index in [0.717, 1.165) is 30.6 Å². The van der Waals surface area contributed by atoms with Gasteiger partial charge in [-0.15, -0.1) is 0 Å². The SMILES string of the molecule is CC(C)c1ccccc1Nc1nc2c(cc1C#N)CCC2. The van der Waals surface area contributed by atoms with E-state index in [1.807, 2.05) is 24.3 Å². The van der Waals surface area contributed by atoms with Crippen LogP contribution in [0.15, 0.2) is 30.3 Å². The van der Waals surface area contributed by atoms with Gasteiger partial charge in [-0.05, 0) is 48.4 Å². The maximum absolute atomic E-state index is 9.38. The normalized spacial score (nSPS) is 13.0. The summed E-state index contributed by atoms with van der Waals surface area (Å²) in [6.07, 6.45) is 3.20. The molecule has 0 unspecified atom stereocenters. The first-order valence-electron chi connectivity index (χ1n) is 7.48. The van der Waals surface area contributed by atoms with Gasteiger partial charge in [0.15, 0.2) is 0 Å². The number of nitrogens with one attached hydrogen (secondary N) is 1. The van der Waals surface area contributed by atoms with Crippen LogP contribution in [0.1, 0.15) is 48.6 Å². The zero-order valence-corrected chi connectivity index (χ0v) is 12.5. The number of aromatic nitrogens is 1. The number of aryl methyl sites for hydroxylation is 2. The van der Waals surface area contributed by atoms with Crippen LogP contribution in [0.4, 0.5) is 11.5 Å². The molecule has 0 radical (unpaired) electrons. The fourth-order valence-electron chi connectivity index (χ4n) is 2.89. The molecule has 0 saturated heterocycles. The van der Waals surface area contributed by atoms with Crippen LogP contribution in [0, 0.1) is 11.3 Å². The Labute approximate surface area is 125 Å². The maximum atomic E-state index is 9.38. The highest BCUT2D eigenvalue weighted by Crippen LogP contribution is 2.30. The molecule has 0 spiro atoms. The standard InChI is InChI=1S/C18H19N3/c1-12(2)15-7-3-4-8-17(15)21-18-14(11-19)10-13-6-5-9-16(13)20-18/h3-4,7-8,10,12H,5-6,9H2,1-2H3,(H,20,21). The smallest absolute Gasteiger partial charge is 0.148 e. The van der Waals surface area contributed by atoms with Gasteiger partial charge >= 0.3 is 0 Å². The van der Waals surface area contributed by atoms with E-state index in [1.54, 1.807) is 0 Å². The molecular weight excluding hydrogens is 258 g/mol. The third kappa shape index (κ3) is 2.62. The van der Waals surface area contributed by atoms with E-state index in [-0.39, 0.29) is 0 Å². The molecule has 0 saturated carbocycles. The van der Waals surface area contributed by atoms with E-state index in [4.69, 9.17) is 0 Å². The van der Waals surface area contributed by atoms with Gasteiger partial charge in [0, 0.05) is 11.4 Å². The van der Waals surface area contributed by atoms with Crippen molar-refractivity contribution < 1.29 is 0 Å². The molecule has 1 aliphatic rings. The topological polar surface area (TPSA) is 48.7 Å². The van der Waals surface area contributed by atoms with Crippen LogP contribution < -0.4 is 5.32 Å². The van der Waals surface area contributed by atoms with Crippen LogP contribution in [0.2, 0.25) is 0 Å². The Balaban J connectivity index is 2.01. The van der Waals surface area contributed by atoms with E-state index in [2.05, 4.69) is 36.3 Å². The fraction of sp³-hybridized carbons (Fsp3) is 0.333. The van der Waals surface area contributed by atoms with Crippen molar-refractivity contribution in [2.75, 3.05) is 5.32 Å². The summed E-state index contributed by atoms with van der Waals surface area (Å²) in [5.41, 5.74) is 5.28. The van der Waals surface area contributed by atoms with E-state index in [9.17, 15) is 5.26 Å². The van der Waals surface area contributed by atoms with E-state index in [0.29, 0.717) is 17.3 Å². The Kier molecular flexibility index (Phi) is 3.62. The molecule has 0 aliphatic heterocycles. The first kappa shape index (κ1) is 13.6. The average molecular weight is 277 g/mol. The Hall–Kier alpha value is -2.34. The van der Waals surface area contributed by atoms with Gasteiger partial charge in [0.25, 0.3) is 0 Å². The number of anilines is 2. The Morgan fingerprint density at radius 3 is 2.81 bits per heavy atom. The van der Waals surface area contributed by atoms with Crippen LogP contribution in [-0.4, -0.2) is 4.98 Å². The van der Waals surface area contributed by atoms with E-state index >= 15 is 0 Å². The number of nitriles is 1. The lowest BCUT2D eigenvalue weighted by molar-refractivity contribution is 0.868. The lowest BCUT2D eigenvalue weighted by Gasteiger charge is -2.15. The molecule has 106 valence electrons. The molecule has 0 bridgehead atoms. The molecule has 3 heteroatoms. The van der Waals surface area contributed by atoms with Gasteiger partial charge in [-0.1, -0.05) is 32.0 Å². The largest absolute Gasteiger partial charge is 0.339 e. The fourth-order valence-corrected chi connectivity index (χ4v) is 2.89. The summed E-state index contributed by atoms with van der Waals surface area (Å²) in [6, 6.07) is 12.5. The molecule has 2 aromatic rings. The minimum absolute atomic E-state index is 0.425. The molecule has 0 atom stereocenters. The predicted octanol–water partition coefficient (Wildman–Crippen LogP) is 4.31. The number of benzene rings is 1. The molecule has 21 heavy (non-hydrogen) atoms. The molecule has 1 N–H and O–H groups in total. The van der Waals surface area contributed by atoms with Crippen molar-refractivity contribution in [2.45, 2.75) is 39.0 Å². The summed E-state index contributed by atoms with van der Waals surface area (Å²) in [7, 11) is 0. The summed E-state index contributed by atoms with van der Waals surface area (Å²) < 4.78 is 0. The first-order chi connectivity index (χ1) is 10.2. The zero-order chi connectivity index (χ0) is 14.8. The minimum Gasteiger partial charge on any atom is -0.339 e. The lowest BCUT2D eigenvalue weighted by Crippen LogP contribution is -2.03. The Morgan fingerprint density at radius 2 is 2.05 bits per heavy atom. The second-order valence-electron chi connectivity index (χ2n) is 5.82. The highest BCUT2D eigenvalue weighted by molar-refractivity contribution is 5.67. The van der Waals surface area contributed by atoms with Gasteiger partial charge in [0.1, 0.15) is 11.9 Å². The van der Waals surface area contributed by atoms with Crippen molar-refractivity contribution in [3.8, 4) is 6.07 Å². The molecule has 0 amide bonds. The Bertz CT molecular complexity index is 711. The van der Waals surface area contributed by atoms with Crippen molar-refractivity contribution in [3.63, 3.8) is 0 Å². The van der Waals surface area contributed by atoms with E-state index < -0.39 is 0 Å². The quantitative estimate of drug-likeness (QED) is 0.909. The van der Waals surface area contributed by atoms with Crippen molar-refractivity contribution in [3.05, 3.63) is 52.7 Å². The summed E-state index contributed by atoms with van der Waals surface area (Å²) in [5.74, 6) is 1.11. The average Bonchev–Trinajstić information content (AvgIpc) is 2.94. The molecule has 1 aromatic heterocycles. The molecule has 3 nitrogen and oxygen atoms in total. The van der Waals surface area contributed by atoms with Crippen molar-refractivity contribution in [2.24, 2.45) is 0 Å². The molecule has 3 rings (SSSR count). The number of para-hydroxylation sites is 1. The van der Waals surface area contributed by atoms with Gasteiger partial charge in [-0.25, -0.2) is 4.98 Å². The van der Waals surface area contributed by atoms with Gasteiger partial charge in [-0.3, -0.25) is 0 Å². The number of pyridine rings is 1. The molecule has 1 aliphatic carbocycles. The van der Waals surface area contributed by atoms with Crippen molar-refractivity contribution >= 4 is 11.5 Å². The molecule has 0 fully saturated rings. The maximum Gasteiger partial charge on any atom is 0.148 e. The van der Waals surface area contributed by atoms with Gasteiger partial charge in [0.05, 0.1) is 5.56 Å². The van der Waals surface area contributed by atoms with Crippen molar-refractivity contribution in [1.82, 2.24) is 4.98 Å². The summed E-state index contributed by atoms with van der Waals surface area (Å²) in [5, 5.41) is 12.7. The number of hydrogen-bond acceptors (Lipinski definition) is 3. The zero-order valence-electron chi connectivity index (χ0n) is 12.5. The van der Waals surface area contributed by atoms with Gasteiger partial charge in [0.2, 0.25) is 0 Å². The summed E-state index contributed by atoms with van der Waals surface area (Å²) in [6.45, 7) is 4.34. The molecular formula is C18H19N3. The number of fused-ring (bicyclic) bond motifs is 1. The van der Waals surface area contributed by atoms with Crippen LogP contribution in [0.3, 0.4) is 0 Å². The Morgan fingerprint density at radius 1 is 1.24 bits per heavy atom. The number of rotatable bonds is 3. The molecule has 1 aromatic carbocycles. The summed E-state index contributed by atoms with van der Waals surface area (Å²) in [4.78, 5) is 4.69. The van der Waals surface area contributed by atoms with Crippen LogP contribution in [-0.2, 0) is 12.8 Å². The van der Waals surface area contributed by atoms with E-state index in [1.165, 1.54) is 11.1 Å². The third-order valence-corrected chi connectivity index (χ3v) is 4.01. The molecule has 1 heterocycles. The van der Waals surface area contributed by atoms with Gasteiger partial charge in [-0.2, -0.15) is 5.26 Å².